The molecule has 2 rings (SSSR count). The Bertz CT molecular complexity index is 615. The quantitative estimate of drug-likeness (QED) is 0.595. The van der Waals surface area contributed by atoms with Gasteiger partial charge in [-0.15, -0.1) is 0 Å². The number of rotatable bonds is 2. The average molecular weight is 302 g/mol. The molecular weight excluding hydrogens is 279 g/mol. The first kappa shape index (κ1) is 16.6. The highest BCUT2D eigenvalue weighted by molar-refractivity contribution is 6.22. The van der Waals surface area contributed by atoms with E-state index in [1.165, 1.54) is 6.07 Å². The van der Waals surface area contributed by atoms with E-state index in [2.05, 4.69) is 20.8 Å². The van der Waals surface area contributed by atoms with Crippen molar-refractivity contribution in [2.75, 3.05) is 0 Å². The molecule has 1 saturated carbocycles. The van der Waals surface area contributed by atoms with Gasteiger partial charge in [0.25, 0.3) is 0 Å². The van der Waals surface area contributed by atoms with E-state index in [1.807, 2.05) is 6.92 Å². The summed E-state index contributed by atoms with van der Waals surface area (Å²) in [6, 6.07) is 4.84. The molecular formula is C19H23FO2. The minimum absolute atomic E-state index is 0.0348. The normalized spacial score (nSPS) is 19.5. The molecule has 0 saturated heterocycles. The Morgan fingerprint density at radius 2 is 1.77 bits per heavy atom. The Labute approximate surface area is 131 Å². The van der Waals surface area contributed by atoms with Crippen LogP contribution in [-0.4, -0.2) is 11.6 Å². The summed E-state index contributed by atoms with van der Waals surface area (Å²) in [6.07, 6.45) is 2.86. The maximum atomic E-state index is 14.0. The summed E-state index contributed by atoms with van der Waals surface area (Å²) in [4.78, 5) is 24.6. The van der Waals surface area contributed by atoms with Gasteiger partial charge in [-0.2, -0.15) is 0 Å². The van der Waals surface area contributed by atoms with Gasteiger partial charge in [0.2, 0.25) is 0 Å². The van der Waals surface area contributed by atoms with E-state index in [0.29, 0.717) is 17.6 Å². The Morgan fingerprint density at radius 1 is 1.18 bits per heavy atom. The summed E-state index contributed by atoms with van der Waals surface area (Å²) in [5.41, 5.74) is 1.76. The highest BCUT2D eigenvalue weighted by Crippen LogP contribution is 2.34. The molecule has 0 unspecified atom stereocenters. The van der Waals surface area contributed by atoms with Crippen LogP contribution in [0.15, 0.2) is 29.8 Å². The number of aryl methyl sites for hydroxylation is 1. The van der Waals surface area contributed by atoms with Gasteiger partial charge in [0.1, 0.15) is 5.82 Å². The van der Waals surface area contributed by atoms with Crippen molar-refractivity contribution in [3.05, 3.63) is 46.8 Å². The van der Waals surface area contributed by atoms with Gasteiger partial charge in [0.15, 0.2) is 11.6 Å². The minimum Gasteiger partial charge on any atom is -0.294 e. The van der Waals surface area contributed by atoms with E-state index >= 15 is 0 Å². The van der Waals surface area contributed by atoms with Gasteiger partial charge < -0.3 is 0 Å². The number of hydrogen-bond acceptors (Lipinski definition) is 2. The van der Waals surface area contributed by atoms with Gasteiger partial charge in [0.05, 0.1) is 5.57 Å². The summed E-state index contributed by atoms with van der Waals surface area (Å²) in [5.74, 6) is -0.997. The molecule has 1 aromatic carbocycles. The Balaban J connectivity index is 2.22. The van der Waals surface area contributed by atoms with Gasteiger partial charge in [0, 0.05) is 18.8 Å². The van der Waals surface area contributed by atoms with Crippen molar-refractivity contribution >= 4 is 11.6 Å². The topological polar surface area (TPSA) is 34.1 Å². The van der Waals surface area contributed by atoms with Crippen LogP contribution >= 0.6 is 0 Å². The van der Waals surface area contributed by atoms with Gasteiger partial charge in [-0.05, 0) is 30.4 Å². The fraction of sp³-hybridized carbons (Fsp3) is 0.474. The molecule has 1 aliphatic carbocycles. The Morgan fingerprint density at radius 3 is 2.32 bits per heavy atom. The molecule has 22 heavy (non-hydrogen) atoms. The number of allylic oxidation sites excluding steroid dienone is 2. The molecule has 0 heterocycles. The minimum atomic E-state index is -0.341. The van der Waals surface area contributed by atoms with Crippen LogP contribution < -0.4 is 0 Å². The third-order valence-electron chi connectivity index (χ3n) is 3.97. The van der Waals surface area contributed by atoms with Crippen LogP contribution in [0, 0.1) is 18.2 Å². The van der Waals surface area contributed by atoms with Gasteiger partial charge in [-0.1, -0.05) is 44.5 Å². The van der Waals surface area contributed by atoms with Crippen LogP contribution in [-0.2, 0) is 9.59 Å². The number of carbonyl (C=O) groups excluding carboxylic acids is 2. The first-order chi connectivity index (χ1) is 10.2. The maximum Gasteiger partial charge on any atom is 0.166 e. The third-order valence-corrected chi connectivity index (χ3v) is 3.97. The first-order valence-corrected chi connectivity index (χ1v) is 7.70. The number of carbonyl (C=O) groups is 2. The van der Waals surface area contributed by atoms with Crippen LogP contribution in [0.3, 0.4) is 0 Å². The highest BCUT2D eigenvalue weighted by atomic mass is 19.1. The van der Waals surface area contributed by atoms with E-state index < -0.39 is 0 Å². The van der Waals surface area contributed by atoms with Gasteiger partial charge in [-0.25, -0.2) is 4.39 Å². The van der Waals surface area contributed by atoms with E-state index in [9.17, 15) is 14.0 Å². The fourth-order valence-electron chi connectivity index (χ4n) is 2.73. The van der Waals surface area contributed by atoms with E-state index in [-0.39, 0.29) is 41.6 Å². The van der Waals surface area contributed by atoms with Crippen LogP contribution in [0.25, 0.3) is 0 Å². The molecule has 0 aromatic heterocycles. The highest BCUT2D eigenvalue weighted by Gasteiger charge is 2.32. The largest absolute Gasteiger partial charge is 0.294 e. The van der Waals surface area contributed by atoms with Crippen LogP contribution in [0.4, 0.5) is 4.39 Å². The molecule has 1 aromatic rings. The maximum absolute atomic E-state index is 14.0. The van der Waals surface area contributed by atoms with Crippen molar-refractivity contribution in [2.45, 2.75) is 52.9 Å². The lowest BCUT2D eigenvalue weighted by atomic mass is 9.78. The number of benzene rings is 1. The molecule has 118 valence electrons. The van der Waals surface area contributed by atoms with Crippen molar-refractivity contribution in [1.29, 1.82) is 0 Å². The van der Waals surface area contributed by atoms with Crippen LogP contribution in [0.2, 0.25) is 0 Å². The van der Waals surface area contributed by atoms with Crippen LogP contribution in [0.5, 0.6) is 0 Å². The molecule has 1 aliphatic rings. The molecule has 1 fully saturated rings. The second-order valence-corrected chi connectivity index (χ2v) is 7.36. The monoisotopic (exact) mass is 302 g/mol. The summed E-state index contributed by atoms with van der Waals surface area (Å²) >= 11 is 0. The van der Waals surface area contributed by atoms with Crippen LogP contribution in [0.1, 0.15) is 57.1 Å². The van der Waals surface area contributed by atoms with Crippen molar-refractivity contribution in [3.63, 3.8) is 0 Å². The van der Waals surface area contributed by atoms with Crippen molar-refractivity contribution in [1.82, 2.24) is 0 Å². The van der Waals surface area contributed by atoms with Crippen molar-refractivity contribution < 1.29 is 14.0 Å². The van der Waals surface area contributed by atoms with Gasteiger partial charge in [-0.3, -0.25) is 9.59 Å². The molecule has 0 N–H and O–H groups in total. The predicted molar refractivity (Wildman–Crippen MR) is 85.3 cm³/mol. The number of halogens is 1. The lowest BCUT2D eigenvalue weighted by Crippen LogP contribution is -2.25. The molecule has 0 radical (unpaired) electrons. The van der Waals surface area contributed by atoms with Crippen molar-refractivity contribution in [3.8, 4) is 0 Å². The zero-order valence-corrected chi connectivity index (χ0v) is 13.7. The Hall–Kier alpha value is -1.77. The predicted octanol–water partition coefficient (Wildman–Crippen LogP) is 4.51. The zero-order valence-electron chi connectivity index (χ0n) is 13.7. The molecule has 3 heteroatoms. The third kappa shape index (κ3) is 3.90. The second kappa shape index (κ2) is 6.15. The lowest BCUT2D eigenvalue weighted by molar-refractivity contribution is -0.124. The fourth-order valence-corrected chi connectivity index (χ4v) is 2.73. The molecule has 0 aliphatic heterocycles. The molecule has 0 atom stereocenters. The molecule has 2 nitrogen and oxygen atoms in total. The van der Waals surface area contributed by atoms with E-state index in [0.717, 1.165) is 5.56 Å². The van der Waals surface area contributed by atoms with E-state index in [1.54, 1.807) is 18.2 Å². The Kier molecular flexibility index (Phi) is 4.64. The molecule has 0 bridgehead atoms. The number of ketones is 2. The first-order valence-electron chi connectivity index (χ1n) is 7.70. The van der Waals surface area contributed by atoms with E-state index in [4.69, 9.17) is 0 Å². The lowest BCUT2D eigenvalue weighted by Gasteiger charge is -2.24. The second-order valence-electron chi connectivity index (χ2n) is 7.36. The summed E-state index contributed by atoms with van der Waals surface area (Å²) in [6.45, 7) is 8.07. The SMILES string of the molecule is Cc1ccc(F)c(C2CC(=O)C(=CCC(C)(C)C)C(=O)C2)c1. The zero-order chi connectivity index (χ0) is 16.5. The molecule has 0 spiro atoms. The summed E-state index contributed by atoms with van der Waals surface area (Å²) < 4.78 is 14.0. The van der Waals surface area contributed by atoms with Gasteiger partial charge >= 0.3 is 0 Å². The van der Waals surface area contributed by atoms with Crippen molar-refractivity contribution in [2.24, 2.45) is 5.41 Å². The average Bonchev–Trinajstić information content (AvgIpc) is 2.39. The standard InChI is InChI=1S/C19H23FO2/c1-12-5-6-16(20)15(9-12)13-10-17(21)14(18(22)11-13)7-8-19(2,3)4/h5-7,9,13H,8,10-11H2,1-4H3. The summed E-state index contributed by atoms with van der Waals surface area (Å²) in [5, 5.41) is 0. The number of hydrogen-bond donors (Lipinski definition) is 0. The number of Topliss-reactive ketones (excluding diaryl/α,β-unsaturated/α-hetero) is 2. The molecule has 0 amide bonds. The smallest absolute Gasteiger partial charge is 0.166 e. The summed E-state index contributed by atoms with van der Waals surface area (Å²) in [7, 11) is 0.